The number of sulfonamides is 1. The number of hydrogen-bond acceptors (Lipinski definition) is 5. The number of benzene rings is 1. The molecule has 8 nitrogen and oxygen atoms in total. The zero-order valence-electron chi connectivity index (χ0n) is 16.0. The van der Waals surface area contributed by atoms with Crippen LogP contribution in [-0.4, -0.2) is 32.5 Å². The maximum absolute atomic E-state index is 12.3. The van der Waals surface area contributed by atoms with Gasteiger partial charge in [0.15, 0.2) is 0 Å². The van der Waals surface area contributed by atoms with Crippen LogP contribution in [0.5, 0.6) is 0 Å². The summed E-state index contributed by atoms with van der Waals surface area (Å²) in [6.45, 7) is 5.95. The summed E-state index contributed by atoms with van der Waals surface area (Å²) < 4.78 is 30.9. The van der Waals surface area contributed by atoms with Gasteiger partial charge < -0.3 is 15.1 Å². The Morgan fingerprint density at radius 2 is 1.89 bits per heavy atom. The highest BCUT2D eigenvalue weighted by molar-refractivity contribution is 7.93. The molecule has 1 aliphatic rings. The van der Waals surface area contributed by atoms with Crippen LogP contribution in [0.3, 0.4) is 0 Å². The number of anilines is 2. The van der Waals surface area contributed by atoms with Crippen LogP contribution in [0, 0.1) is 20.8 Å². The molecule has 0 aliphatic carbocycles. The molecule has 1 aliphatic heterocycles. The van der Waals surface area contributed by atoms with E-state index in [0.29, 0.717) is 30.1 Å². The highest BCUT2D eigenvalue weighted by Gasteiger charge is 2.29. The summed E-state index contributed by atoms with van der Waals surface area (Å²) in [6, 6.07) is 6.79. The average molecular weight is 405 g/mol. The zero-order valence-corrected chi connectivity index (χ0v) is 16.9. The van der Waals surface area contributed by atoms with E-state index in [0.717, 1.165) is 16.9 Å². The van der Waals surface area contributed by atoms with E-state index in [2.05, 4.69) is 10.6 Å². The quantitative estimate of drug-likeness (QED) is 0.757. The van der Waals surface area contributed by atoms with Gasteiger partial charge in [0.05, 0.1) is 11.4 Å². The lowest BCUT2D eigenvalue weighted by Gasteiger charge is -2.19. The van der Waals surface area contributed by atoms with Crippen LogP contribution in [0.1, 0.15) is 29.1 Å². The van der Waals surface area contributed by atoms with Gasteiger partial charge in [-0.2, -0.15) is 0 Å². The second kappa shape index (κ2) is 7.67. The fraction of sp³-hybridized carbons (Fsp3) is 0.368. The van der Waals surface area contributed by atoms with Gasteiger partial charge in [-0.3, -0.25) is 13.9 Å². The molecule has 28 heavy (non-hydrogen) atoms. The van der Waals surface area contributed by atoms with Crippen molar-refractivity contribution in [3.8, 4) is 0 Å². The monoisotopic (exact) mass is 405 g/mol. The SMILES string of the molecule is Cc1cc(CNC(=O)C(=O)Nc2cc(N3CCCS3(=O)=O)ccc2C)c(C)o1. The van der Waals surface area contributed by atoms with Crippen molar-refractivity contribution in [2.75, 3.05) is 21.9 Å². The van der Waals surface area contributed by atoms with Gasteiger partial charge in [-0.25, -0.2) is 8.42 Å². The van der Waals surface area contributed by atoms with Crippen molar-refractivity contribution in [3.63, 3.8) is 0 Å². The maximum Gasteiger partial charge on any atom is 0.313 e. The van der Waals surface area contributed by atoms with E-state index < -0.39 is 21.8 Å². The van der Waals surface area contributed by atoms with E-state index >= 15 is 0 Å². The van der Waals surface area contributed by atoms with Crippen LogP contribution in [0.2, 0.25) is 0 Å². The molecule has 0 radical (unpaired) electrons. The largest absolute Gasteiger partial charge is 0.466 e. The molecule has 9 heteroatoms. The third-order valence-corrected chi connectivity index (χ3v) is 6.52. The van der Waals surface area contributed by atoms with Crippen LogP contribution < -0.4 is 14.9 Å². The van der Waals surface area contributed by atoms with Gasteiger partial charge in [0.2, 0.25) is 10.0 Å². The molecule has 1 saturated heterocycles. The lowest BCUT2D eigenvalue weighted by atomic mass is 10.1. The number of rotatable bonds is 4. The van der Waals surface area contributed by atoms with E-state index in [9.17, 15) is 18.0 Å². The fourth-order valence-electron chi connectivity index (χ4n) is 3.12. The van der Waals surface area contributed by atoms with Crippen molar-refractivity contribution in [1.82, 2.24) is 5.32 Å². The summed E-state index contributed by atoms with van der Waals surface area (Å²) in [5.41, 5.74) is 2.40. The second-order valence-corrected chi connectivity index (χ2v) is 8.83. The minimum atomic E-state index is -3.32. The Balaban J connectivity index is 1.68. The van der Waals surface area contributed by atoms with Crippen LogP contribution in [-0.2, 0) is 26.2 Å². The van der Waals surface area contributed by atoms with E-state index in [4.69, 9.17) is 4.42 Å². The Labute approximate surface area is 164 Å². The molecule has 0 bridgehead atoms. The minimum Gasteiger partial charge on any atom is -0.466 e. The van der Waals surface area contributed by atoms with Gasteiger partial charge in [-0.05, 0) is 51.0 Å². The number of aryl methyl sites for hydroxylation is 3. The fourth-order valence-corrected chi connectivity index (χ4v) is 4.68. The Bertz CT molecular complexity index is 1030. The van der Waals surface area contributed by atoms with Crippen LogP contribution in [0.15, 0.2) is 28.7 Å². The molecule has 150 valence electrons. The van der Waals surface area contributed by atoms with Crippen molar-refractivity contribution < 1.29 is 22.4 Å². The Morgan fingerprint density at radius 1 is 1.14 bits per heavy atom. The molecular formula is C19H23N3O5S. The summed E-state index contributed by atoms with van der Waals surface area (Å²) >= 11 is 0. The molecule has 1 fully saturated rings. The third-order valence-electron chi connectivity index (χ3n) is 4.65. The van der Waals surface area contributed by atoms with Gasteiger partial charge >= 0.3 is 11.8 Å². The normalized spacial score (nSPS) is 15.5. The van der Waals surface area contributed by atoms with Crippen LogP contribution >= 0.6 is 0 Å². The van der Waals surface area contributed by atoms with Gasteiger partial charge in [0.1, 0.15) is 11.5 Å². The average Bonchev–Trinajstić information content (AvgIpc) is 3.14. The molecule has 2 amide bonds. The highest BCUT2D eigenvalue weighted by atomic mass is 32.2. The zero-order chi connectivity index (χ0) is 20.5. The number of nitrogens with zero attached hydrogens (tertiary/aromatic N) is 1. The molecule has 2 heterocycles. The predicted octanol–water partition coefficient (Wildman–Crippen LogP) is 2.00. The summed E-state index contributed by atoms with van der Waals surface area (Å²) in [4.78, 5) is 24.4. The van der Waals surface area contributed by atoms with E-state index in [1.807, 2.05) is 0 Å². The summed E-state index contributed by atoms with van der Waals surface area (Å²) in [7, 11) is -3.32. The maximum atomic E-state index is 12.3. The number of nitrogens with one attached hydrogen (secondary N) is 2. The van der Waals surface area contributed by atoms with Crippen LogP contribution in [0.4, 0.5) is 11.4 Å². The number of carbonyl (C=O) groups excluding carboxylic acids is 2. The van der Waals surface area contributed by atoms with Gasteiger partial charge in [0.25, 0.3) is 0 Å². The lowest BCUT2D eigenvalue weighted by molar-refractivity contribution is -0.136. The molecule has 1 aromatic carbocycles. The van der Waals surface area contributed by atoms with Crippen molar-refractivity contribution in [1.29, 1.82) is 0 Å². The molecule has 0 spiro atoms. The molecule has 2 N–H and O–H groups in total. The molecule has 1 aromatic heterocycles. The molecule has 0 unspecified atom stereocenters. The minimum absolute atomic E-state index is 0.109. The summed E-state index contributed by atoms with van der Waals surface area (Å²) in [6.07, 6.45) is 0.563. The van der Waals surface area contributed by atoms with Gasteiger partial charge in [-0.1, -0.05) is 6.07 Å². The van der Waals surface area contributed by atoms with Crippen molar-refractivity contribution in [3.05, 3.63) is 46.9 Å². The van der Waals surface area contributed by atoms with Crippen molar-refractivity contribution in [2.24, 2.45) is 0 Å². The molecule has 0 saturated carbocycles. The highest BCUT2D eigenvalue weighted by Crippen LogP contribution is 2.28. The second-order valence-electron chi connectivity index (χ2n) is 6.82. The number of furan rings is 1. The van der Waals surface area contributed by atoms with E-state index in [-0.39, 0.29) is 12.3 Å². The topological polar surface area (TPSA) is 109 Å². The lowest BCUT2D eigenvalue weighted by Crippen LogP contribution is -2.35. The van der Waals surface area contributed by atoms with Crippen molar-refractivity contribution >= 4 is 33.2 Å². The first-order valence-electron chi connectivity index (χ1n) is 8.93. The van der Waals surface area contributed by atoms with Crippen LogP contribution in [0.25, 0.3) is 0 Å². The molecule has 3 rings (SSSR count). The van der Waals surface area contributed by atoms with E-state index in [1.54, 1.807) is 45.0 Å². The summed E-state index contributed by atoms with van der Waals surface area (Å²) in [5.74, 6) is -0.0685. The number of hydrogen-bond donors (Lipinski definition) is 2. The standard InChI is InChI=1S/C19H23N3O5S/c1-12-5-6-16(22-7-4-8-28(22,25)26)10-17(12)21-19(24)18(23)20-11-15-9-13(2)27-14(15)3/h5-6,9-10H,4,7-8,11H2,1-3H3,(H,20,23)(H,21,24). The third kappa shape index (κ3) is 4.19. The molecule has 2 aromatic rings. The Kier molecular flexibility index (Phi) is 5.46. The smallest absolute Gasteiger partial charge is 0.313 e. The Hall–Kier alpha value is -2.81. The number of carbonyl (C=O) groups is 2. The first-order valence-corrected chi connectivity index (χ1v) is 10.5. The van der Waals surface area contributed by atoms with Crippen molar-refractivity contribution in [2.45, 2.75) is 33.7 Å². The first kappa shape index (κ1) is 19.9. The Morgan fingerprint density at radius 3 is 2.50 bits per heavy atom. The first-order chi connectivity index (χ1) is 13.2. The summed E-state index contributed by atoms with van der Waals surface area (Å²) in [5, 5.41) is 5.12. The van der Waals surface area contributed by atoms with Gasteiger partial charge in [0, 0.05) is 24.3 Å². The molecule has 0 atom stereocenters. The molecular weight excluding hydrogens is 382 g/mol. The van der Waals surface area contributed by atoms with E-state index in [1.165, 1.54) is 4.31 Å². The van der Waals surface area contributed by atoms with Gasteiger partial charge in [-0.15, -0.1) is 0 Å². The predicted molar refractivity (Wildman–Crippen MR) is 106 cm³/mol. The number of amides is 2.